The predicted molar refractivity (Wildman–Crippen MR) is 65.8 cm³/mol. The van der Waals surface area contributed by atoms with Crippen molar-refractivity contribution in [3.05, 3.63) is 11.8 Å². The van der Waals surface area contributed by atoms with E-state index in [-0.39, 0.29) is 10.8 Å². The SMILES string of the molecule is C/C=C(\N=C(C)C(C)(C)C)C(C)(C)C. The van der Waals surface area contributed by atoms with Gasteiger partial charge in [0.1, 0.15) is 0 Å². The topological polar surface area (TPSA) is 12.4 Å². The van der Waals surface area contributed by atoms with E-state index in [1.807, 2.05) is 0 Å². The zero-order valence-corrected chi connectivity index (χ0v) is 11.0. The van der Waals surface area contributed by atoms with Crippen LogP contribution in [-0.2, 0) is 0 Å². The number of rotatable bonds is 1. The van der Waals surface area contributed by atoms with Gasteiger partial charge in [-0.3, -0.25) is 4.99 Å². The third-order valence-electron chi connectivity index (χ3n) is 2.42. The highest BCUT2D eigenvalue weighted by Gasteiger charge is 2.19. The molecule has 1 heteroatoms. The second kappa shape index (κ2) is 4.29. The Labute approximate surface area is 89.3 Å². The fraction of sp³-hybridized carbons (Fsp3) is 0.769. The van der Waals surface area contributed by atoms with E-state index in [9.17, 15) is 0 Å². The molecule has 0 rings (SSSR count). The summed E-state index contributed by atoms with van der Waals surface area (Å²) in [6, 6.07) is 0. The molecule has 0 aromatic rings. The van der Waals surface area contributed by atoms with Crippen molar-refractivity contribution in [1.29, 1.82) is 0 Å². The number of hydrogen-bond donors (Lipinski definition) is 0. The lowest BCUT2D eigenvalue weighted by Crippen LogP contribution is -2.19. The van der Waals surface area contributed by atoms with Crippen molar-refractivity contribution in [2.45, 2.75) is 55.4 Å². The highest BCUT2D eigenvalue weighted by Crippen LogP contribution is 2.28. The van der Waals surface area contributed by atoms with E-state index >= 15 is 0 Å². The Bertz CT molecular complexity index is 243. The molecule has 0 amide bonds. The van der Waals surface area contributed by atoms with Crippen LogP contribution in [-0.4, -0.2) is 5.71 Å². The maximum atomic E-state index is 4.72. The largest absolute Gasteiger partial charge is 0.262 e. The monoisotopic (exact) mass is 195 g/mol. The average molecular weight is 195 g/mol. The van der Waals surface area contributed by atoms with Gasteiger partial charge in [0.2, 0.25) is 0 Å². The molecule has 82 valence electrons. The Balaban J connectivity index is 4.99. The lowest BCUT2D eigenvalue weighted by atomic mass is 9.88. The lowest BCUT2D eigenvalue weighted by Gasteiger charge is -2.24. The van der Waals surface area contributed by atoms with Crippen LogP contribution in [0.15, 0.2) is 16.8 Å². The van der Waals surface area contributed by atoms with Gasteiger partial charge < -0.3 is 0 Å². The molecule has 1 nitrogen and oxygen atoms in total. The Morgan fingerprint density at radius 3 is 1.57 bits per heavy atom. The normalized spacial score (nSPS) is 16.0. The van der Waals surface area contributed by atoms with Crippen molar-refractivity contribution in [1.82, 2.24) is 0 Å². The van der Waals surface area contributed by atoms with Gasteiger partial charge in [0.15, 0.2) is 0 Å². The van der Waals surface area contributed by atoms with E-state index in [2.05, 4.69) is 61.5 Å². The molecule has 14 heavy (non-hydrogen) atoms. The minimum atomic E-state index is 0.140. The summed E-state index contributed by atoms with van der Waals surface area (Å²) in [4.78, 5) is 4.72. The fourth-order valence-corrected chi connectivity index (χ4v) is 1.01. The van der Waals surface area contributed by atoms with Gasteiger partial charge in [-0.25, -0.2) is 0 Å². The number of nitrogens with zero attached hydrogens (tertiary/aromatic N) is 1. The van der Waals surface area contributed by atoms with Gasteiger partial charge in [-0.1, -0.05) is 47.6 Å². The molecule has 0 aliphatic carbocycles. The highest BCUT2D eigenvalue weighted by atomic mass is 14.8. The van der Waals surface area contributed by atoms with Gasteiger partial charge in [-0.05, 0) is 19.3 Å². The van der Waals surface area contributed by atoms with Gasteiger partial charge in [-0.2, -0.15) is 0 Å². The molecule has 0 N–H and O–H groups in total. The third-order valence-corrected chi connectivity index (χ3v) is 2.42. The number of aliphatic imine (C=N–C) groups is 1. The minimum Gasteiger partial charge on any atom is -0.262 e. The second-order valence-electron chi connectivity index (χ2n) is 5.87. The van der Waals surface area contributed by atoms with E-state index in [4.69, 9.17) is 4.99 Å². The summed E-state index contributed by atoms with van der Waals surface area (Å²) >= 11 is 0. The summed E-state index contributed by atoms with van der Waals surface area (Å²) in [5, 5.41) is 0. The molecule has 0 bridgehead atoms. The molecule has 0 saturated carbocycles. The lowest BCUT2D eigenvalue weighted by molar-refractivity contribution is 0.493. The molecule has 0 aliphatic heterocycles. The molecular weight excluding hydrogens is 170 g/mol. The summed E-state index contributed by atoms with van der Waals surface area (Å²) in [6.45, 7) is 17.3. The van der Waals surface area contributed by atoms with Crippen LogP contribution < -0.4 is 0 Å². The first-order valence-corrected chi connectivity index (χ1v) is 5.31. The Morgan fingerprint density at radius 2 is 1.36 bits per heavy atom. The van der Waals surface area contributed by atoms with Gasteiger partial charge in [0.25, 0.3) is 0 Å². The Hall–Kier alpha value is -0.590. The summed E-state index contributed by atoms with van der Waals surface area (Å²) in [6.07, 6.45) is 2.11. The molecule has 0 fully saturated rings. The average Bonchev–Trinajstić information content (AvgIpc) is 1.95. The summed E-state index contributed by atoms with van der Waals surface area (Å²) in [7, 11) is 0. The van der Waals surface area contributed by atoms with Crippen LogP contribution in [0.5, 0.6) is 0 Å². The third kappa shape index (κ3) is 4.08. The molecule has 0 radical (unpaired) electrons. The van der Waals surface area contributed by atoms with Crippen LogP contribution in [0.1, 0.15) is 55.4 Å². The van der Waals surface area contributed by atoms with Gasteiger partial charge in [0, 0.05) is 16.8 Å². The molecule has 0 aromatic carbocycles. The first-order chi connectivity index (χ1) is 6.09. The molecule has 0 heterocycles. The van der Waals surface area contributed by atoms with Gasteiger partial charge in [-0.15, -0.1) is 0 Å². The van der Waals surface area contributed by atoms with E-state index in [0.29, 0.717) is 0 Å². The van der Waals surface area contributed by atoms with Crippen molar-refractivity contribution in [2.24, 2.45) is 15.8 Å². The van der Waals surface area contributed by atoms with Crippen LogP contribution in [0.4, 0.5) is 0 Å². The molecular formula is C13H25N. The quantitative estimate of drug-likeness (QED) is 0.548. The van der Waals surface area contributed by atoms with E-state index in [1.165, 1.54) is 11.4 Å². The van der Waals surface area contributed by atoms with Crippen molar-refractivity contribution in [3.8, 4) is 0 Å². The Morgan fingerprint density at radius 1 is 0.929 bits per heavy atom. The van der Waals surface area contributed by atoms with E-state index in [1.54, 1.807) is 0 Å². The second-order valence-corrected chi connectivity index (χ2v) is 5.87. The molecule has 0 aromatic heterocycles. The molecule has 0 aliphatic rings. The van der Waals surface area contributed by atoms with Crippen molar-refractivity contribution in [3.63, 3.8) is 0 Å². The van der Waals surface area contributed by atoms with Crippen LogP contribution in [0, 0.1) is 10.8 Å². The first kappa shape index (κ1) is 13.4. The van der Waals surface area contributed by atoms with Crippen LogP contribution >= 0.6 is 0 Å². The van der Waals surface area contributed by atoms with Crippen LogP contribution in [0.25, 0.3) is 0 Å². The molecule has 0 spiro atoms. The maximum Gasteiger partial charge on any atom is 0.0413 e. The summed E-state index contributed by atoms with van der Waals surface area (Å²) < 4.78 is 0. The van der Waals surface area contributed by atoms with E-state index in [0.717, 1.165) is 0 Å². The minimum absolute atomic E-state index is 0.140. The highest BCUT2D eigenvalue weighted by molar-refractivity contribution is 5.87. The molecule has 0 saturated heterocycles. The molecule has 0 atom stereocenters. The molecule has 0 unspecified atom stereocenters. The van der Waals surface area contributed by atoms with E-state index < -0.39 is 0 Å². The van der Waals surface area contributed by atoms with Crippen molar-refractivity contribution in [2.75, 3.05) is 0 Å². The predicted octanol–water partition coefficient (Wildman–Crippen LogP) is 4.44. The Kier molecular flexibility index (Phi) is 4.11. The zero-order chi connectivity index (χ0) is 11.6. The summed E-state index contributed by atoms with van der Waals surface area (Å²) in [5.74, 6) is 0. The van der Waals surface area contributed by atoms with Gasteiger partial charge in [0.05, 0.1) is 0 Å². The standard InChI is InChI=1S/C13H25N/c1-9-11(13(6,7)8)14-10(2)12(3,4)5/h9H,1-8H3/b11-9-,14-10?. The zero-order valence-electron chi connectivity index (χ0n) is 11.0. The smallest absolute Gasteiger partial charge is 0.0413 e. The maximum absolute atomic E-state index is 4.72. The number of hydrogen-bond acceptors (Lipinski definition) is 1. The first-order valence-electron chi connectivity index (χ1n) is 5.31. The van der Waals surface area contributed by atoms with Crippen molar-refractivity contribution < 1.29 is 0 Å². The van der Waals surface area contributed by atoms with Crippen LogP contribution in [0.3, 0.4) is 0 Å². The van der Waals surface area contributed by atoms with Gasteiger partial charge >= 0.3 is 0 Å². The van der Waals surface area contributed by atoms with Crippen molar-refractivity contribution >= 4 is 5.71 Å². The fourth-order valence-electron chi connectivity index (χ4n) is 1.01. The number of allylic oxidation sites excluding steroid dienone is 2. The summed E-state index contributed by atoms with van der Waals surface area (Å²) in [5.41, 5.74) is 2.67. The van der Waals surface area contributed by atoms with Crippen LogP contribution in [0.2, 0.25) is 0 Å².